The molecule has 128 valence electrons. The molecule has 0 aliphatic rings. The van der Waals surface area contributed by atoms with Crippen molar-refractivity contribution < 1.29 is 4.74 Å². The molecule has 0 amide bonds. The lowest BCUT2D eigenvalue weighted by Crippen LogP contribution is -2.28. The molecule has 3 rings (SSSR count). The van der Waals surface area contributed by atoms with Gasteiger partial charge >= 0.3 is 0 Å². The zero-order valence-electron chi connectivity index (χ0n) is 14.4. The molecule has 0 spiro atoms. The normalized spacial score (nSPS) is 10.7. The van der Waals surface area contributed by atoms with Crippen LogP contribution in [0.4, 0.5) is 17.6 Å². The van der Waals surface area contributed by atoms with Crippen LogP contribution in [-0.2, 0) is 0 Å². The molecule has 25 heavy (non-hydrogen) atoms. The van der Waals surface area contributed by atoms with Crippen molar-refractivity contribution in [3.05, 3.63) is 48.8 Å². The van der Waals surface area contributed by atoms with Crippen LogP contribution < -0.4 is 15.4 Å². The summed E-state index contributed by atoms with van der Waals surface area (Å²) in [5, 5.41) is 0. The first-order chi connectivity index (χ1) is 12.1. The number of hydrogen-bond donors (Lipinski definition) is 1. The summed E-state index contributed by atoms with van der Waals surface area (Å²) in [7, 11) is 1.62. The second kappa shape index (κ2) is 7.12. The van der Waals surface area contributed by atoms with E-state index in [-0.39, 0.29) is 12.0 Å². The van der Waals surface area contributed by atoms with Gasteiger partial charge in [0.15, 0.2) is 5.82 Å². The number of hydrogen-bond acceptors (Lipinski definition) is 7. The minimum absolute atomic E-state index is 0.127. The summed E-state index contributed by atoms with van der Waals surface area (Å²) < 4.78 is 5.27. The number of benzene rings is 1. The van der Waals surface area contributed by atoms with Crippen LogP contribution >= 0.6 is 0 Å². The fraction of sp³-hybridized carbons (Fsp3) is 0.222. The van der Waals surface area contributed by atoms with Crippen molar-refractivity contribution in [2.45, 2.75) is 19.9 Å². The van der Waals surface area contributed by atoms with E-state index >= 15 is 0 Å². The Kier molecular flexibility index (Phi) is 4.74. The van der Waals surface area contributed by atoms with Crippen LogP contribution in [0.5, 0.6) is 5.75 Å². The maximum absolute atomic E-state index is 5.95. The first-order valence-electron chi connectivity index (χ1n) is 7.93. The maximum atomic E-state index is 5.95. The third-order valence-electron chi connectivity index (χ3n) is 3.64. The monoisotopic (exact) mass is 336 g/mol. The number of nitrogen functional groups attached to an aromatic ring is 1. The molecule has 0 radical (unpaired) electrons. The Morgan fingerprint density at radius 2 is 1.80 bits per heavy atom. The summed E-state index contributed by atoms with van der Waals surface area (Å²) in [5.74, 6) is 1.89. The Hall–Kier alpha value is -3.22. The fourth-order valence-corrected chi connectivity index (χ4v) is 2.53. The standard InChI is InChI=1S/C18H20N6O/c1-12(2)24(14-7-9-20-10-8-14)18-22-16(21-17(19)23-18)13-5-4-6-15(11-13)25-3/h4-12H,1-3H3,(H2,19,21,22,23). The average molecular weight is 336 g/mol. The lowest BCUT2D eigenvalue weighted by Gasteiger charge is -2.26. The van der Waals surface area contributed by atoms with Gasteiger partial charge in [0.05, 0.1) is 7.11 Å². The van der Waals surface area contributed by atoms with Gasteiger partial charge in [0.1, 0.15) is 5.75 Å². The van der Waals surface area contributed by atoms with Crippen LogP contribution in [0.1, 0.15) is 13.8 Å². The highest BCUT2D eigenvalue weighted by atomic mass is 16.5. The van der Waals surface area contributed by atoms with Crippen molar-refractivity contribution in [1.29, 1.82) is 0 Å². The highest BCUT2D eigenvalue weighted by Gasteiger charge is 2.18. The molecule has 0 aliphatic heterocycles. The molecule has 0 fully saturated rings. The summed E-state index contributed by atoms with van der Waals surface area (Å²) in [4.78, 5) is 19.3. The lowest BCUT2D eigenvalue weighted by atomic mass is 10.2. The Morgan fingerprint density at radius 3 is 2.48 bits per heavy atom. The minimum Gasteiger partial charge on any atom is -0.497 e. The van der Waals surface area contributed by atoms with E-state index in [0.29, 0.717) is 11.8 Å². The molecule has 0 atom stereocenters. The zero-order valence-corrected chi connectivity index (χ0v) is 14.4. The topological polar surface area (TPSA) is 90.0 Å². The number of rotatable bonds is 5. The highest BCUT2D eigenvalue weighted by Crippen LogP contribution is 2.27. The lowest BCUT2D eigenvalue weighted by molar-refractivity contribution is 0.415. The summed E-state index contributed by atoms with van der Waals surface area (Å²) >= 11 is 0. The second-order valence-corrected chi connectivity index (χ2v) is 5.72. The predicted octanol–water partition coefficient (Wildman–Crippen LogP) is 3.07. The maximum Gasteiger partial charge on any atom is 0.235 e. The Morgan fingerprint density at radius 1 is 1.04 bits per heavy atom. The third kappa shape index (κ3) is 3.65. The van der Waals surface area contributed by atoms with E-state index in [1.54, 1.807) is 19.5 Å². The minimum atomic E-state index is 0.127. The third-order valence-corrected chi connectivity index (χ3v) is 3.64. The van der Waals surface area contributed by atoms with E-state index in [2.05, 4.69) is 33.8 Å². The van der Waals surface area contributed by atoms with E-state index in [0.717, 1.165) is 17.0 Å². The summed E-state index contributed by atoms with van der Waals surface area (Å²) in [5.41, 5.74) is 7.70. The Bertz CT molecular complexity index is 853. The van der Waals surface area contributed by atoms with Crippen molar-refractivity contribution in [3.63, 3.8) is 0 Å². The molecule has 0 saturated heterocycles. The van der Waals surface area contributed by atoms with E-state index in [1.165, 1.54) is 0 Å². The van der Waals surface area contributed by atoms with Crippen molar-refractivity contribution >= 4 is 17.6 Å². The average Bonchev–Trinajstić information content (AvgIpc) is 2.62. The van der Waals surface area contributed by atoms with Crippen molar-refractivity contribution in [2.75, 3.05) is 17.7 Å². The number of aromatic nitrogens is 4. The van der Waals surface area contributed by atoms with Crippen LogP contribution in [0.15, 0.2) is 48.8 Å². The molecular formula is C18H20N6O. The van der Waals surface area contributed by atoms with Crippen molar-refractivity contribution in [2.24, 2.45) is 0 Å². The molecule has 2 N–H and O–H groups in total. The number of nitrogens with zero attached hydrogens (tertiary/aromatic N) is 5. The molecule has 0 unspecified atom stereocenters. The SMILES string of the molecule is COc1cccc(-c2nc(N)nc(N(c3ccncc3)C(C)C)n2)c1. The first-order valence-corrected chi connectivity index (χ1v) is 7.93. The molecule has 0 bridgehead atoms. The van der Waals surface area contributed by atoms with Crippen LogP contribution in [0.25, 0.3) is 11.4 Å². The number of pyridine rings is 1. The Balaban J connectivity index is 2.09. The second-order valence-electron chi connectivity index (χ2n) is 5.72. The number of ether oxygens (including phenoxy) is 1. The van der Waals surface area contributed by atoms with E-state index in [9.17, 15) is 0 Å². The van der Waals surface area contributed by atoms with Gasteiger partial charge < -0.3 is 15.4 Å². The molecule has 7 nitrogen and oxygen atoms in total. The molecule has 1 aromatic carbocycles. The van der Waals surface area contributed by atoms with Crippen LogP contribution in [0.3, 0.4) is 0 Å². The van der Waals surface area contributed by atoms with Crippen molar-refractivity contribution in [3.8, 4) is 17.1 Å². The number of nitrogens with two attached hydrogens (primary N) is 1. The van der Waals surface area contributed by atoms with Gasteiger partial charge in [0, 0.05) is 29.7 Å². The van der Waals surface area contributed by atoms with E-state index < -0.39 is 0 Å². The zero-order chi connectivity index (χ0) is 17.8. The highest BCUT2D eigenvalue weighted by molar-refractivity contribution is 5.63. The van der Waals surface area contributed by atoms with Crippen LogP contribution in [-0.4, -0.2) is 33.1 Å². The van der Waals surface area contributed by atoms with Gasteiger partial charge in [-0.2, -0.15) is 15.0 Å². The van der Waals surface area contributed by atoms with Gasteiger partial charge in [0.2, 0.25) is 11.9 Å². The van der Waals surface area contributed by atoms with E-state index in [1.807, 2.05) is 41.3 Å². The number of methoxy groups -OCH3 is 1. The molecule has 0 aliphatic carbocycles. The molecular weight excluding hydrogens is 316 g/mol. The first kappa shape index (κ1) is 16.6. The quantitative estimate of drug-likeness (QED) is 0.765. The van der Waals surface area contributed by atoms with Gasteiger partial charge in [-0.15, -0.1) is 0 Å². The van der Waals surface area contributed by atoms with Gasteiger partial charge in [-0.05, 0) is 38.1 Å². The summed E-state index contributed by atoms with van der Waals surface area (Å²) in [6.07, 6.45) is 3.47. The summed E-state index contributed by atoms with van der Waals surface area (Å²) in [6.45, 7) is 4.12. The smallest absolute Gasteiger partial charge is 0.235 e. The predicted molar refractivity (Wildman–Crippen MR) is 97.7 cm³/mol. The van der Waals surface area contributed by atoms with Gasteiger partial charge in [-0.3, -0.25) is 4.98 Å². The molecule has 2 aromatic heterocycles. The summed E-state index contributed by atoms with van der Waals surface area (Å²) in [6, 6.07) is 11.5. The largest absolute Gasteiger partial charge is 0.497 e. The fourth-order valence-electron chi connectivity index (χ4n) is 2.53. The van der Waals surface area contributed by atoms with E-state index in [4.69, 9.17) is 10.5 Å². The van der Waals surface area contributed by atoms with Crippen LogP contribution in [0.2, 0.25) is 0 Å². The van der Waals surface area contributed by atoms with Gasteiger partial charge in [-0.1, -0.05) is 12.1 Å². The van der Waals surface area contributed by atoms with Crippen LogP contribution in [0, 0.1) is 0 Å². The Labute approximate surface area is 146 Å². The van der Waals surface area contributed by atoms with Gasteiger partial charge in [0.25, 0.3) is 0 Å². The number of anilines is 3. The van der Waals surface area contributed by atoms with Gasteiger partial charge in [-0.25, -0.2) is 0 Å². The molecule has 0 saturated carbocycles. The van der Waals surface area contributed by atoms with Crippen molar-refractivity contribution in [1.82, 2.24) is 19.9 Å². The molecule has 7 heteroatoms. The molecule has 2 heterocycles. The molecule has 3 aromatic rings.